The number of rotatable bonds is 7. The summed E-state index contributed by atoms with van der Waals surface area (Å²) in [4.78, 5) is 10.1. The third kappa shape index (κ3) is 8.09. The Labute approximate surface area is 137 Å². The first-order valence-electron chi connectivity index (χ1n) is 7.60. The maximum Gasteiger partial charge on any atom is 0.269 e. The second-order valence-corrected chi connectivity index (χ2v) is 4.68. The molecule has 0 spiro atoms. The molecule has 0 saturated heterocycles. The standard InChI is InChI=1S/C14H13NO3.C4H10O/c16-15(17)14-8-6-13(7-9-14)11-18-10-12-4-2-1-3-5-12;1-3-5-4-2/h1-9H,10-11H2;3-4H2,1-2H3. The zero-order valence-electron chi connectivity index (χ0n) is 13.6. The van der Waals surface area contributed by atoms with E-state index in [1.54, 1.807) is 12.1 Å². The van der Waals surface area contributed by atoms with Crippen LogP contribution in [0.1, 0.15) is 25.0 Å². The van der Waals surface area contributed by atoms with E-state index in [0.717, 1.165) is 24.3 Å². The molecule has 0 aromatic heterocycles. The number of nitrogens with zero attached hydrogens (tertiary/aromatic N) is 1. The SMILES string of the molecule is CCOCC.O=[N+]([O-])c1ccc(COCc2ccccc2)cc1. The van der Waals surface area contributed by atoms with Crippen molar-refractivity contribution in [3.63, 3.8) is 0 Å². The minimum atomic E-state index is -0.408. The van der Waals surface area contributed by atoms with Crippen LogP contribution in [0.15, 0.2) is 54.6 Å². The number of hydrogen-bond donors (Lipinski definition) is 0. The van der Waals surface area contributed by atoms with Gasteiger partial charge in [-0.15, -0.1) is 0 Å². The second kappa shape index (κ2) is 11.3. The summed E-state index contributed by atoms with van der Waals surface area (Å²) in [6.45, 7) is 6.66. The number of non-ortho nitro benzene ring substituents is 1. The summed E-state index contributed by atoms with van der Waals surface area (Å²) in [5.74, 6) is 0. The van der Waals surface area contributed by atoms with Crippen molar-refractivity contribution in [1.82, 2.24) is 0 Å². The van der Waals surface area contributed by atoms with Crippen LogP contribution >= 0.6 is 0 Å². The summed E-state index contributed by atoms with van der Waals surface area (Å²) in [6.07, 6.45) is 0. The first-order valence-corrected chi connectivity index (χ1v) is 7.60. The van der Waals surface area contributed by atoms with Crippen LogP contribution in [0.3, 0.4) is 0 Å². The van der Waals surface area contributed by atoms with Gasteiger partial charge in [0.15, 0.2) is 0 Å². The quantitative estimate of drug-likeness (QED) is 0.562. The third-order valence-electron chi connectivity index (χ3n) is 2.94. The molecule has 2 aromatic carbocycles. The van der Waals surface area contributed by atoms with Gasteiger partial charge in [-0.05, 0) is 37.1 Å². The van der Waals surface area contributed by atoms with Crippen LogP contribution < -0.4 is 0 Å². The number of hydrogen-bond acceptors (Lipinski definition) is 4. The first-order chi connectivity index (χ1) is 11.2. The van der Waals surface area contributed by atoms with E-state index in [1.165, 1.54) is 12.1 Å². The Morgan fingerprint density at radius 2 is 1.35 bits per heavy atom. The number of ether oxygens (including phenoxy) is 2. The van der Waals surface area contributed by atoms with E-state index in [0.29, 0.717) is 13.2 Å². The Morgan fingerprint density at radius 3 is 1.78 bits per heavy atom. The Bertz CT molecular complexity index is 553. The lowest BCUT2D eigenvalue weighted by Crippen LogP contribution is -1.94. The van der Waals surface area contributed by atoms with Crippen molar-refractivity contribution in [3.05, 3.63) is 75.8 Å². The lowest BCUT2D eigenvalue weighted by Gasteiger charge is -2.04. The minimum Gasteiger partial charge on any atom is -0.382 e. The van der Waals surface area contributed by atoms with Crippen LogP contribution in [0.25, 0.3) is 0 Å². The van der Waals surface area contributed by atoms with Crippen LogP contribution in [0.4, 0.5) is 5.69 Å². The first kappa shape index (κ1) is 18.8. The number of benzene rings is 2. The largest absolute Gasteiger partial charge is 0.382 e. The molecule has 124 valence electrons. The zero-order valence-corrected chi connectivity index (χ0v) is 13.6. The van der Waals surface area contributed by atoms with E-state index in [2.05, 4.69) is 0 Å². The molecule has 0 amide bonds. The van der Waals surface area contributed by atoms with E-state index >= 15 is 0 Å². The molecule has 0 aliphatic carbocycles. The maximum atomic E-state index is 10.5. The van der Waals surface area contributed by atoms with Crippen molar-refractivity contribution >= 4 is 5.69 Å². The van der Waals surface area contributed by atoms with Crippen molar-refractivity contribution in [3.8, 4) is 0 Å². The van der Waals surface area contributed by atoms with E-state index in [-0.39, 0.29) is 5.69 Å². The average Bonchev–Trinajstić information content (AvgIpc) is 2.58. The average molecular weight is 317 g/mol. The Kier molecular flexibility index (Phi) is 9.28. The van der Waals surface area contributed by atoms with Gasteiger partial charge in [-0.3, -0.25) is 10.1 Å². The molecule has 0 fully saturated rings. The van der Waals surface area contributed by atoms with E-state index < -0.39 is 4.92 Å². The smallest absolute Gasteiger partial charge is 0.269 e. The summed E-state index contributed by atoms with van der Waals surface area (Å²) in [5, 5.41) is 10.5. The van der Waals surface area contributed by atoms with Crippen molar-refractivity contribution in [2.24, 2.45) is 0 Å². The highest BCUT2D eigenvalue weighted by atomic mass is 16.6. The molecular formula is C18H23NO4. The second-order valence-electron chi connectivity index (χ2n) is 4.68. The van der Waals surface area contributed by atoms with Gasteiger partial charge >= 0.3 is 0 Å². The molecule has 0 aliphatic heterocycles. The van der Waals surface area contributed by atoms with Gasteiger partial charge in [-0.25, -0.2) is 0 Å². The molecular weight excluding hydrogens is 294 g/mol. The molecule has 0 unspecified atom stereocenters. The third-order valence-corrected chi connectivity index (χ3v) is 2.94. The Hall–Kier alpha value is -2.24. The molecule has 0 radical (unpaired) electrons. The molecule has 0 atom stereocenters. The fourth-order valence-corrected chi connectivity index (χ4v) is 1.78. The molecule has 0 aliphatic rings. The van der Waals surface area contributed by atoms with E-state index in [9.17, 15) is 10.1 Å². The normalized spacial score (nSPS) is 9.83. The van der Waals surface area contributed by atoms with E-state index in [1.807, 2.05) is 44.2 Å². The Morgan fingerprint density at radius 1 is 0.826 bits per heavy atom. The van der Waals surface area contributed by atoms with Crippen molar-refractivity contribution in [2.45, 2.75) is 27.1 Å². The predicted molar refractivity (Wildman–Crippen MR) is 90.2 cm³/mol. The fraction of sp³-hybridized carbons (Fsp3) is 0.333. The fourth-order valence-electron chi connectivity index (χ4n) is 1.78. The summed E-state index contributed by atoms with van der Waals surface area (Å²) in [7, 11) is 0. The van der Waals surface area contributed by atoms with Gasteiger partial charge in [0.2, 0.25) is 0 Å². The summed E-state index contributed by atoms with van der Waals surface area (Å²) in [6, 6.07) is 16.3. The van der Waals surface area contributed by atoms with Gasteiger partial charge in [0.1, 0.15) is 0 Å². The van der Waals surface area contributed by atoms with Gasteiger partial charge in [0.05, 0.1) is 18.1 Å². The summed E-state index contributed by atoms with van der Waals surface area (Å²) in [5.41, 5.74) is 2.14. The monoisotopic (exact) mass is 317 g/mol. The molecule has 0 heterocycles. The Balaban J connectivity index is 0.000000463. The molecule has 0 saturated carbocycles. The van der Waals surface area contributed by atoms with Gasteiger partial charge in [0, 0.05) is 25.3 Å². The van der Waals surface area contributed by atoms with Gasteiger partial charge < -0.3 is 9.47 Å². The molecule has 2 rings (SSSR count). The molecule has 0 bridgehead atoms. The minimum absolute atomic E-state index is 0.0989. The molecule has 5 nitrogen and oxygen atoms in total. The molecule has 0 N–H and O–H groups in total. The van der Waals surface area contributed by atoms with Crippen molar-refractivity contribution in [1.29, 1.82) is 0 Å². The highest BCUT2D eigenvalue weighted by Gasteiger charge is 2.03. The lowest BCUT2D eigenvalue weighted by molar-refractivity contribution is -0.384. The van der Waals surface area contributed by atoms with Crippen LogP contribution in [0, 0.1) is 10.1 Å². The highest BCUT2D eigenvalue weighted by molar-refractivity contribution is 5.32. The lowest BCUT2D eigenvalue weighted by atomic mass is 10.2. The topological polar surface area (TPSA) is 61.6 Å². The summed E-state index contributed by atoms with van der Waals surface area (Å²) >= 11 is 0. The van der Waals surface area contributed by atoms with Crippen LogP contribution in [0.2, 0.25) is 0 Å². The van der Waals surface area contributed by atoms with E-state index in [4.69, 9.17) is 9.47 Å². The highest BCUT2D eigenvalue weighted by Crippen LogP contribution is 2.13. The van der Waals surface area contributed by atoms with Crippen molar-refractivity contribution < 1.29 is 14.4 Å². The van der Waals surface area contributed by atoms with Gasteiger partial charge in [0.25, 0.3) is 5.69 Å². The van der Waals surface area contributed by atoms with Gasteiger partial charge in [-0.2, -0.15) is 0 Å². The maximum absolute atomic E-state index is 10.5. The molecule has 2 aromatic rings. The van der Waals surface area contributed by atoms with Crippen LogP contribution in [-0.4, -0.2) is 18.1 Å². The van der Waals surface area contributed by atoms with Crippen molar-refractivity contribution in [2.75, 3.05) is 13.2 Å². The summed E-state index contributed by atoms with van der Waals surface area (Å²) < 4.78 is 10.4. The van der Waals surface area contributed by atoms with Gasteiger partial charge in [-0.1, -0.05) is 30.3 Å². The van der Waals surface area contributed by atoms with Crippen LogP contribution in [-0.2, 0) is 22.7 Å². The molecule has 23 heavy (non-hydrogen) atoms. The zero-order chi connectivity index (χ0) is 16.9. The predicted octanol–water partition coefficient (Wildman–Crippen LogP) is 4.35. The molecule has 5 heteroatoms. The van der Waals surface area contributed by atoms with Crippen LogP contribution in [0.5, 0.6) is 0 Å². The number of nitro benzene ring substituents is 1. The number of nitro groups is 1.